The van der Waals surface area contributed by atoms with Gasteiger partial charge < -0.3 is 9.57 Å². The third-order valence-corrected chi connectivity index (χ3v) is 2.88. The monoisotopic (exact) mass is 273 g/mol. The van der Waals surface area contributed by atoms with Gasteiger partial charge >= 0.3 is 6.36 Å². The van der Waals surface area contributed by atoms with Crippen LogP contribution in [0.15, 0.2) is 29.4 Å². The van der Waals surface area contributed by atoms with E-state index in [9.17, 15) is 13.2 Å². The second-order valence-corrected chi connectivity index (χ2v) is 4.41. The van der Waals surface area contributed by atoms with Gasteiger partial charge in [0, 0.05) is 6.21 Å². The van der Waals surface area contributed by atoms with Crippen LogP contribution in [0.2, 0.25) is 0 Å². The summed E-state index contributed by atoms with van der Waals surface area (Å²) < 4.78 is 39.6. The van der Waals surface area contributed by atoms with Gasteiger partial charge in [0.25, 0.3) is 0 Å². The summed E-state index contributed by atoms with van der Waals surface area (Å²) >= 11 is 0. The van der Waals surface area contributed by atoms with Crippen LogP contribution in [-0.2, 0) is 11.4 Å². The van der Waals surface area contributed by atoms with Gasteiger partial charge in [-0.3, -0.25) is 0 Å². The van der Waals surface area contributed by atoms with E-state index in [1.54, 1.807) is 6.21 Å². The number of oxime groups is 1. The van der Waals surface area contributed by atoms with Gasteiger partial charge in [-0.05, 0) is 36.5 Å². The van der Waals surface area contributed by atoms with Crippen molar-refractivity contribution in [2.45, 2.75) is 32.2 Å². The molecule has 0 radical (unpaired) electrons. The molecule has 1 aliphatic carbocycles. The molecule has 0 unspecified atom stereocenters. The highest BCUT2D eigenvalue weighted by molar-refractivity contribution is 5.60. The minimum Gasteiger partial charge on any atom is -0.406 e. The van der Waals surface area contributed by atoms with Crippen molar-refractivity contribution in [3.05, 3.63) is 29.8 Å². The number of hydrogen-bond acceptors (Lipinski definition) is 3. The van der Waals surface area contributed by atoms with Gasteiger partial charge in [-0.2, -0.15) is 0 Å². The summed E-state index contributed by atoms with van der Waals surface area (Å²) in [6.07, 6.45) is 0.653. The Balaban J connectivity index is 1.76. The zero-order valence-electron chi connectivity index (χ0n) is 10.2. The normalized spacial score (nSPS) is 16.4. The molecule has 0 spiro atoms. The minimum absolute atomic E-state index is 0.232. The lowest BCUT2D eigenvalue weighted by molar-refractivity contribution is -0.274. The molecule has 1 fully saturated rings. The third kappa shape index (κ3) is 4.81. The molecule has 1 aliphatic rings. The van der Waals surface area contributed by atoms with E-state index in [1.165, 1.54) is 30.7 Å². The fraction of sp³-hybridized carbons (Fsp3) is 0.462. The zero-order valence-corrected chi connectivity index (χ0v) is 10.2. The summed E-state index contributed by atoms with van der Waals surface area (Å²) in [6, 6.07) is 5.53. The van der Waals surface area contributed by atoms with E-state index < -0.39 is 6.36 Å². The molecular weight excluding hydrogens is 259 g/mol. The average molecular weight is 273 g/mol. The molecule has 1 saturated carbocycles. The number of ether oxygens (including phenoxy) is 1. The van der Waals surface area contributed by atoms with Gasteiger partial charge in [-0.1, -0.05) is 23.7 Å². The maximum absolute atomic E-state index is 11.9. The van der Waals surface area contributed by atoms with Crippen LogP contribution in [0.1, 0.15) is 24.8 Å². The van der Waals surface area contributed by atoms with Gasteiger partial charge in [-0.15, -0.1) is 13.2 Å². The van der Waals surface area contributed by atoms with Crippen LogP contribution < -0.4 is 4.74 Å². The Kier molecular flexibility index (Phi) is 4.29. The van der Waals surface area contributed by atoms with Crippen molar-refractivity contribution in [3.63, 3.8) is 0 Å². The first kappa shape index (κ1) is 13.7. The average Bonchev–Trinajstić information content (AvgIpc) is 2.26. The number of halogens is 3. The molecule has 0 aliphatic heterocycles. The Morgan fingerprint density at radius 2 is 1.89 bits per heavy atom. The van der Waals surface area contributed by atoms with Crippen LogP contribution >= 0.6 is 0 Å². The molecule has 2 rings (SSSR count). The van der Waals surface area contributed by atoms with E-state index in [0.717, 1.165) is 18.4 Å². The quantitative estimate of drug-likeness (QED) is 0.602. The lowest BCUT2D eigenvalue weighted by atomic mass is 9.87. The maximum Gasteiger partial charge on any atom is 0.573 e. The van der Waals surface area contributed by atoms with Crippen molar-refractivity contribution in [3.8, 4) is 5.75 Å². The van der Waals surface area contributed by atoms with Crippen molar-refractivity contribution in [1.29, 1.82) is 0 Å². The predicted molar refractivity (Wildman–Crippen MR) is 63.7 cm³/mol. The highest BCUT2D eigenvalue weighted by Gasteiger charge is 2.30. The molecule has 0 aromatic heterocycles. The molecule has 1 aromatic rings. The molecule has 0 atom stereocenters. The Labute approximate surface area is 109 Å². The molecule has 104 valence electrons. The summed E-state index contributed by atoms with van der Waals surface area (Å²) in [5.41, 5.74) is 0.736. The topological polar surface area (TPSA) is 30.8 Å². The van der Waals surface area contributed by atoms with Crippen molar-refractivity contribution in [2.24, 2.45) is 11.1 Å². The Hall–Kier alpha value is -1.72. The highest BCUT2D eigenvalue weighted by Crippen LogP contribution is 2.24. The van der Waals surface area contributed by atoms with Crippen LogP contribution in [-0.4, -0.2) is 12.6 Å². The van der Waals surface area contributed by atoms with Crippen molar-refractivity contribution in [2.75, 3.05) is 0 Å². The van der Waals surface area contributed by atoms with E-state index >= 15 is 0 Å². The van der Waals surface area contributed by atoms with Crippen LogP contribution in [0.5, 0.6) is 5.75 Å². The predicted octanol–water partition coefficient (Wildman–Crippen LogP) is 3.89. The molecule has 6 heteroatoms. The number of rotatable bonds is 5. The maximum atomic E-state index is 11.9. The molecule has 0 saturated heterocycles. The second-order valence-electron chi connectivity index (χ2n) is 4.41. The SMILES string of the molecule is FC(F)(F)Oc1ccc(CON=CC2CCC2)cc1. The standard InChI is InChI=1S/C13H14F3NO2/c14-13(15,16)19-12-6-4-11(5-7-12)9-18-17-8-10-2-1-3-10/h4-8,10H,1-3,9H2. The summed E-state index contributed by atoms with van der Waals surface area (Å²) in [5.74, 6) is 0.275. The van der Waals surface area contributed by atoms with E-state index in [0.29, 0.717) is 5.92 Å². The first-order chi connectivity index (χ1) is 9.03. The minimum atomic E-state index is -4.66. The van der Waals surface area contributed by atoms with Crippen LogP contribution in [0, 0.1) is 5.92 Å². The van der Waals surface area contributed by atoms with Gasteiger partial charge in [0.1, 0.15) is 12.4 Å². The van der Waals surface area contributed by atoms with Gasteiger partial charge in [0.15, 0.2) is 0 Å². The second kappa shape index (κ2) is 5.95. The Morgan fingerprint density at radius 1 is 1.21 bits per heavy atom. The fourth-order valence-electron chi connectivity index (χ4n) is 1.62. The smallest absolute Gasteiger partial charge is 0.406 e. The van der Waals surface area contributed by atoms with E-state index in [2.05, 4.69) is 9.89 Å². The molecule has 1 aromatic carbocycles. The van der Waals surface area contributed by atoms with Crippen molar-refractivity contribution >= 4 is 6.21 Å². The Bertz CT molecular complexity index is 425. The molecule has 19 heavy (non-hydrogen) atoms. The van der Waals surface area contributed by atoms with Crippen LogP contribution in [0.3, 0.4) is 0 Å². The molecule has 0 N–H and O–H groups in total. The molecule has 0 bridgehead atoms. The zero-order chi connectivity index (χ0) is 13.7. The fourth-order valence-corrected chi connectivity index (χ4v) is 1.62. The van der Waals surface area contributed by atoms with Gasteiger partial charge in [0.05, 0.1) is 0 Å². The first-order valence-electron chi connectivity index (χ1n) is 6.03. The number of hydrogen-bond donors (Lipinski definition) is 0. The molecule has 0 heterocycles. The van der Waals surface area contributed by atoms with Crippen LogP contribution in [0.25, 0.3) is 0 Å². The summed E-state index contributed by atoms with van der Waals surface area (Å²) in [6.45, 7) is 0.232. The van der Waals surface area contributed by atoms with E-state index in [-0.39, 0.29) is 12.4 Å². The molecular formula is C13H14F3NO2. The van der Waals surface area contributed by atoms with Crippen molar-refractivity contribution in [1.82, 2.24) is 0 Å². The molecule has 0 amide bonds. The van der Waals surface area contributed by atoms with Crippen molar-refractivity contribution < 1.29 is 22.7 Å². The van der Waals surface area contributed by atoms with Gasteiger partial charge in [-0.25, -0.2) is 0 Å². The van der Waals surface area contributed by atoms with Gasteiger partial charge in [0.2, 0.25) is 0 Å². The highest BCUT2D eigenvalue weighted by atomic mass is 19.4. The first-order valence-corrected chi connectivity index (χ1v) is 6.03. The largest absolute Gasteiger partial charge is 0.573 e. The van der Waals surface area contributed by atoms with Crippen LogP contribution in [0.4, 0.5) is 13.2 Å². The number of nitrogens with zero attached hydrogens (tertiary/aromatic N) is 1. The Morgan fingerprint density at radius 3 is 2.42 bits per heavy atom. The number of benzene rings is 1. The lowest BCUT2D eigenvalue weighted by Crippen LogP contribution is -2.17. The van der Waals surface area contributed by atoms with E-state index in [4.69, 9.17) is 4.84 Å². The molecule has 3 nitrogen and oxygen atoms in total. The van der Waals surface area contributed by atoms with E-state index in [1.807, 2.05) is 0 Å². The summed E-state index contributed by atoms with van der Waals surface area (Å²) in [7, 11) is 0. The summed E-state index contributed by atoms with van der Waals surface area (Å²) in [5, 5.41) is 3.83. The number of alkyl halides is 3. The third-order valence-electron chi connectivity index (χ3n) is 2.88. The lowest BCUT2D eigenvalue weighted by Gasteiger charge is -2.19. The summed E-state index contributed by atoms with van der Waals surface area (Å²) in [4.78, 5) is 5.07.